The van der Waals surface area contributed by atoms with Crippen molar-refractivity contribution >= 4 is 45.6 Å². The van der Waals surface area contributed by atoms with Gasteiger partial charge in [0.15, 0.2) is 5.69 Å². The molecule has 5 rings (SSSR count). The van der Waals surface area contributed by atoms with Crippen LogP contribution >= 0.6 is 23.2 Å². The Morgan fingerprint density at radius 3 is 2.64 bits per heavy atom. The Labute approximate surface area is 216 Å². The van der Waals surface area contributed by atoms with Gasteiger partial charge in [0.05, 0.1) is 18.1 Å². The van der Waals surface area contributed by atoms with Crippen molar-refractivity contribution < 1.29 is 18.0 Å². The van der Waals surface area contributed by atoms with E-state index >= 15 is 0 Å². The molecule has 1 atom stereocenters. The van der Waals surface area contributed by atoms with E-state index in [4.69, 9.17) is 23.2 Å². The van der Waals surface area contributed by atoms with Gasteiger partial charge >= 0.3 is 6.18 Å². The third kappa shape index (κ3) is 5.12. The standard InChI is InChI=1S/C26H25Cl2F3N4O/c27-19-6-4-18(21(28)14-19)15-35-23-13-17(5-7-20(23)24(33-35)26(29,30)31)16-8-11-34(12-9-16)25(36)22-3-1-2-10-32-22/h4-8,13-14,22,32H,1-3,9-12,15H2. The predicted molar refractivity (Wildman–Crippen MR) is 135 cm³/mol. The molecular weight excluding hydrogens is 512 g/mol. The van der Waals surface area contributed by atoms with Gasteiger partial charge in [-0.2, -0.15) is 18.3 Å². The number of amides is 1. The van der Waals surface area contributed by atoms with Crippen LogP contribution in [0, 0.1) is 0 Å². The van der Waals surface area contributed by atoms with Crippen molar-refractivity contribution in [1.29, 1.82) is 0 Å². The van der Waals surface area contributed by atoms with Gasteiger partial charge in [-0.25, -0.2) is 0 Å². The summed E-state index contributed by atoms with van der Waals surface area (Å²) in [6.07, 6.45) is 1.03. The fourth-order valence-corrected chi connectivity index (χ4v) is 5.40. The maximum Gasteiger partial charge on any atom is 0.435 e. The summed E-state index contributed by atoms with van der Waals surface area (Å²) in [5.41, 5.74) is 1.89. The molecule has 0 aliphatic carbocycles. The quantitative estimate of drug-likeness (QED) is 0.433. The lowest BCUT2D eigenvalue weighted by Crippen LogP contribution is -2.49. The summed E-state index contributed by atoms with van der Waals surface area (Å²) in [7, 11) is 0. The molecule has 2 aliphatic rings. The number of carbonyl (C=O) groups is 1. The fraction of sp³-hybridized carbons (Fsp3) is 0.385. The first-order valence-corrected chi connectivity index (χ1v) is 12.7. The number of rotatable bonds is 4. The smallest absolute Gasteiger partial charge is 0.337 e. The number of carbonyl (C=O) groups excluding carboxylic acids is 1. The molecular formula is C26H25Cl2F3N4O. The largest absolute Gasteiger partial charge is 0.435 e. The van der Waals surface area contributed by atoms with E-state index in [1.807, 2.05) is 11.0 Å². The molecule has 1 N–H and O–H groups in total. The second-order valence-electron chi connectivity index (χ2n) is 9.24. The number of alkyl halides is 3. The molecule has 1 aromatic heterocycles. The Morgan fingerprint density at radius 2 is 1.97 bits per heavy atom. The molecule has 0 bridgehead atoms. The second kappa shape index (κ2) is 10.1. The van der Waals surface area contributed by atoms with Crippen LogP contribution in [0.5, 0.6) is 0 Å². The van der Waals surface area contributed by atoms with Crippen LogP contribution < -0.4 is 5.32 Å². The number of piperidine rings is 1. The first-order valence-electron chi connectivity index (χ1n) is 11.9. The highest BCUT2D eigenvalue weighted by molar-refractivity contribution is 6.35. The third-order valence-electron chi connectivity index (χ3n) is 6.86. The van der Waals surface area contributed by atoms with Crippen molar-refractivity contribution in [3.05, 3.63) is 69.3 Å². The van der Waals surface area contributed by atoms with Gasteiger partial charge in [0.1, 0.15) is 0 Å². The summed E-state index contributed by atoms with van der Waals surface area (Å²) in [5, 5.41) is 8.06. The Morgan fingerprint density at radius 1 is 1.14 bits per heavy atom. The van der Waals surface area contributed by atoms with Crippen LogP contribution in [0.15, 0.2) is 42.5 Å². The lowest BCUT2D eigenvalue weighted by atomic mass is 9.97. The normalized spacial score (nSPS) is 19.0. The molecule has 0 radical (unpaired) electrons. The zero-order valence-corrected chi connectivity index (χ0v) is 20.9. The number of fused-ring (bicyclic) bond motifs is 1. The van der Waals surface area contributed by atoms with Gasteiger partial charge in [0.2, 0.25) is 5.91 Å². The van der Waals surface area contributed by atoms with E-state index < -0.39 is 11.9 Å². The topological polar surface area (TPSA) is 50.2 Å². The molecule has 1 amide bonds. The maximum absolute atomic E-state index is 13.8. The zero-order chi connectivity index (χ0) is 25.4. The Hall–Kier alpha value is -2.55. The molecule has 2 aliphatic heterocycles. The van der Waals surface area contributed by atoms with E-state index in [0.29, 0.717) is 40.6 Å². The number of benzene rings is 2. The van der Waals surface area contributed by atoms with Crippen LogP contribution in [-0.4, -0.2) is 46.3 Å². The average molecular weight is 537 g/mol. The molecule has 5 nitrogen and oxygen atoms in total. The fourth-order valence-electron chi connectivity index (χ4n) is 4.93. The number of nitrogens with one attached hydrogen (secondary N) is 1. The monoisotopic (exact) mass is 536 g/mol. The number of aromatic nitrogens is 2. The van der Waals surface area contributed by atoms with Crippen LogP contribution in [-0.2, 0) is 17.5 Å². The van der Waals surface area contributed by atoms with E-state index in [1.165, 1.54) is 10.7 Å². The van der Waals surface area contributed by atoms with Crippen molar-refractivity contribution in [2.24, 2.45) is 0 Å². The van der Waals surface area contributed by atoms with E-state index in [2.05, 4.69) is 10.4 Å². The minimum Gasteiger partial charge on any atom is -0.337 e. The molecule has 1 saturated heterocycles. The summed E-state index contributed by atoms with van der Waals surface area (Å²) >= 11 is 12.3. The lowest BCUT2D eigenvalue weighted by molar-refractivity contribution is -0.140. The molecule has 3 aromatic rings. The Kier molecular flexibility index (Phi) is 7.03. The van der Waals surface area contributed by atoms with E-state index in [0.717, 1.165) is 36.9 Å². The highest BCUT2D eigenvalue weighted by atomic mass is 35.5. The summed E-state index contributed by atoms with van der Waals surface area (Å²) in [4.78, 5) is 14.7. The van der Waals surface area contributed by atoms with Crippen LogP contribution in [0.3, 0.4) is 0 Å². The van der Waals surface area contributed by atoms with Crippen LogP contribution in [0.2, 0.25) is 10.0 Å². The van der Waals surface area contributed by atoms with E-state index in [1.54, 1.807) is 30.3 Å². The molecule has 0 saturated carbocycles. The number of nitrogens with zero attached hydrogens (tertiary/aromatic N) is 3. The second-order valence-corrected chi connectivity index (χ2v) is 10.1. The maximum atomic E-state index is 13.8. The Bertz CT molecular complexity index is 1330. The highest BCUT2D eigenvalue weighted by Crippen LogP contribution is 2.36. The number of hydrogen-bond donors (Lipinski definition) is 1. The van der Waals surface area contributed by atoms with E-state index in [-0.39, 0.29) is 23.9 Å². The third-order valence-corrected chi connectivity index (χ3v) is 7.44. The van der Waals surface area contributed by atoms with Gasteiger partial charge in [-0.1, -0.05) is 47.8 Å². The summed E-state index contributed by atoms with van der Waals surface area (Å²) in [5.74, 6) is 0.119. The average Bonchev–Trinajstić information content (AvgIpc) is 3.24. The highest BCUT2D eigenvalue weighted by Gasteiger charge is 2.37. The molecule has 0 spiro atoms. The van der Waals surface area contributed by atoms with Crippen molar-refractivity contribution in [2.45, 2.75) is 44.4 Å². The first kappa shape index (κ1) is 25.1. The van der Waals surface area contributed by atoms with Gasteiger partial charge in [-0.15, -0.1) is 0 Å². The van der Waals surface area contributed by atoms with Gasteiger partial charge < -0.3 is 10.2 Å². The SMILES string of the molecule is O=C(C1CCCCN1)N1CC=C(c2ccc3c(C(F)(F)F)nn(Cc4ccc(Cl)cc4Cl)c3c2)CC1. The minimum atomic E-state index is -4.59. The van der Waals surface area contributed by atoms with Crippen molar-refractivity contribution in [3.63, 3.8) is 0 Å². The van der Waals surface area contributed by atoms with Crippen molar-refractivity contribution in [2.75, 3.05) is 19.6 Å². The number of hydrogen-bond acceptors (Lipinski definition) is 3. The van der Waals surface area contributed by atoms with Gasteiger partial charge in [0, 0.05) is 28.5 Å². The predicted octanol–water partition coefficient (Wildman–Crippen LogP) is 6.17. The molecule has 10 heteroatoms. The molecule has 1 fully saturated rings. The summed E-state index contributed by atoms with van der Waals surface area (Å²) in [6, 6.07) is 9.69. The lowest BCUT2D eigenvalue weighted by Gasteiger charge is -2.32. The van der Waals surface area contributed by atoms with Crippen LogP contribution in [0.1, 0.15) is 42.5 Å². The van der Waals surface area contributed by atoms with Gasteiger partial charge in [0.25, 0.3) is 0 Å². The molecule has 2 aromatic carbocycles. The number of halogens is 5. The zero-order valence-electron chi connectivity index (χ0n) is 19.4. The molecule has 1 unspecified atom stereocenters. The van der Waals surface area contributed by atoms with Crippen molar-refractivity contribution in [3.8, 4) is 0 Å². The van der Waals surface area contributed by atoms with E-state index in [9.17, 15) is 18.0 Å². The van der Waals surface area contributed by atoms with Crippen molar-refractivity contribution in [1.82, 2.24) is 20.0 Å². The van der Waals surface area contributed by atoms with Crippen LogP contribution in [0.25, 0.3) is 16.5 Å². The van der Waals surface area contributed by atoms with Crippen LogP contribution in [0.4, 0.5) is 13.2 Å². The van der Waals surface area contributed by atoms with Gasteiger partial charge in [-0.05, 0) is 66.8 Å². The Balaban J connectivity index is 1.44. The minimum absolute atomic E-state index is 0.0351. The van der Waals surface area contributed by atoms with Gasteiger partial charge in [-0.3, -0.25) is 9.48 Å². The molecule has 36 heavy (non-hydrogen) atoms. The first-order chi connectivity index (χ1) is 17.2. The summed E-state index contributed by atoms with van der Waals surface area (Å²) in [6.45, 7) is 1.99. The molecule has 3 heterocycles. The molecule has 190 valence electrons. The summed E-state index contributed by atoms with van der Waals surface area (Å²) < 4.78 is 42.6.